The van der Waals surface area contributed by atoms with Crippen molar-refractivity contribution in [2.75, 3.05) is 0 Å². The summed E-state index contributed by atoms with van der Waals surface area (Å²) in [6, 6.07) is 45.2. The minimum absolute atomic E-state index is 0.637. The molecule has 5 aromatic carbocycles. The SMILES string of the molecule is c1ccc(-c2nc(-c3ccc4nc(-c5ccccc5)sc4c3)nc(-c3ccccc3-c3ccccc3)n2)cc1. The molecule has 5 heteroatoms. The van der Waals surface area contributed by atoms with Gasteiger partial charge in [-0.05, 0) is 29.3 Å². The molecule has 0 radical (unpaired) electrons. The van der Waals surface area contributed by atoms with Gasteiger partial charge >= 0.3 is 0 Å². The number of rotatable bonds is 5. The lowest BCUT2D eigenvalue weighted by Gasteiger charge is -2.12. The van der Waals surface area contributed by atoms with Gasteiger partial charge in [0.15, 0.2) is 17.5 Å². The zero-order valence-corrected chi connectivity index (χ0v) is 21.7. The number of hydrogen-bond donors (Lipinski definition) is 0. The Morgan fingerprint density at radius 3 is 1.62 bits per heavy atom. The van der Waals surface area contributed by atoms with E-state index in [4.69, 9.17) is 19.9 Å². The van der Waals surface area contributed by atoms with Crippen molar-refractivity contribution in [2.45, 2.75) is 0 Å². The largest absolute Gasteiger partial charge is 0.236 e. The predicted octanol–water partition coefficient (Wildman–Crippen LogP) is 8.82. The normalized spacial score (nSPS) is 11.1. The number of hydrogen-bond acceptors (Lipinski definition) is 5. The highest BCUT2D eigenvalue weighted by atomic mass is 32.1. The van der Waals surface area contributed by atoms with Gasteiger partial charge in [-0.3, -0.25) is 0 Å². The Bertz CT molecular complexity index is 1900. The van der Waals surface area contributed by atoms with Crippen LogP contribution >= 0.6 is 11.3 Å². The molecule has 2 heterocycles. The van der Waals surface area contributed by atoms with Crippen LogP contribution in [0.15, 0.2) is 133 Å². The van der Waals surface area contributed by atoms with Crippen LogP contribution in [0.4, 0.5) is 0 Å². The summed E-state index contributed by atoms with van der Waals surface area (Å²) in [5.41, 5.74) is 7.14. The van der Waals surface area contributed by atoms with Gasteiger partial charge in [-0.1, -0.05) is 115 Å². The third kappa shape index (κ3) is 4.60. The third-order valence-corrected chi connectivity index (χ3v) is 7.65. The molecule has 2 aromatic heterocycles. The Labute approximate surface area is 230 Å². The number of aromatic nitrogens is 4. The van der Waals surface area contributed by atoms with Gasteiger partial charge < -0.3 is 0 Å². The Balaban J connectivity index is 1.39. The second-order valence-electron chi connectivity index (χ2n) is 9.15. The van der Waals surface area contributed by atoms with Gasteiger partial charge in [0.25, 0.3) is 0 Å². The fourth-order valence-corrected chi connectivity index (χ4v) is 5.67. The molecule has 184 valence electrons. The van der Waals surface area contributed by atoms with Crippen LogP contribution in [0, 0.1) is 0 Å². The Morgan fingerprint density at radius 1 is 0.385 bits per heavy atom. The van der Waals surface area contributed by atoms with Crippen LogP contribution in [-0.2, 0) is 0 Å². The van der Waals surface area contributed by atoms with E-state index in [1.807, 2.05) is 84.9 Å². The van der Waals surface area contributed by atoms with Crippen LogP contribution in [0.25, 0.3) is 66.1 Å². The summed E-state index contributed by atoms with van der Waals surface area (Å²) in [5, 5.41) is 1.00. The maximum absolute atomic E-state index is 5.02. The molecule has 7 rings (SSSR count). The van der Waals surface area contributed by atoms with Crippen LogP contribution < -0.4 is 0 Å². The summed E-state index contributed by atoms with van der Waals surface area (Å²) in [6.07, 6.45) is 0. The first-order valence-electron chi connectivity index (χ1n) is 12.7. The van der Waals surface area contributed by atoms with E-state index in [0.717, 1.165) is 48.6 Å². The molecule has 0 aliphatic rings. The zero-order chi connectivity index (χ0) is 26.0. The Morgan fingerprint density at radius 2 is 0.923 bits per heavy atom. The van der Waals surface area contributed by atoms with E-state index in [9.17, 15) is 0 Å². The molecule has 0 spiro atoms. The fraction of sp³-hybridized carbons (Fsp3) is 0. The molecule has 0 aliphatic carbocycles. The average Bonchev–Trinajstić information content (AvgIpc) is 3.46. The summed E-state index contributed by atoms with van der Waals surface area (Å²) in [7, 11) is 0. The quantitative estimate of drug-likeness (QED) is 0.228. The molecule has 39 heavy (non-hydrogen) atoms. The lowest BCUT2D eigenvalue weighted by atomic mass is 9.99. The van der Waals surface area contributed by atoms with E-state index in [2.05, 4.69) is 48.5 Å². The standard InChI is InChI=1S/C34H22N4S/c1-4-12-23(13-5-1)27-18-10-11-19-28(27)33-37-31(24-14-6-2-7-15-24)36-32(38-33)26-20-21-29-30(22-26)39-34(35-29)25-16-8-3-9-17-25/h1-22H. The van der Waals surface area contributed by atoms with Crippen molar-refractivity contribution >= 4 is 21.6 Å². The number of nitrogens with zero attached hydrogens (tertiary/aromatic N) is 4. The zero-order valence-electron chi connectivity index (χ0n) is 20.9. The second kappa shape index (κ2) is 10.0. The maximum atomic E-state index is 5.02. The lowest BCUT2D eigenvalue weighted by molar-refractivity contribution is 1.07. The van der Waals surface area contributed by atoms with Crippen molar-refractivity contribution < 1.29 is 0 Å². The first kappa shape index (κ1) is 23.1. The van der Waals surface area contributed by atoms with Crippen LogP contribution in [0.1, 0.15) is 0 Å². The van der Waals surface area contributed by atoms with Gasteiger partial charge in [0.1, 0.15) is 5.01 Å². The van der Waals surface area contributed by atoms with Gasteiger partial charge in [0.05, 0.1) is 10.2 Å². The summed E-state index contributed by atoms with van der Waals surface area (Å²) in [4.78, 5) is 19.8. The van der Waals surface area contributed by atoms with Crippen LogP contribution in [-0.4, -0.2) is 19.9 Å². The Hall–Kier alpha value is -5.00. The second-order valence-corrected chi connectivity index (χ2v) is 10.2. The molecule has 0 amide bonds. The summed E-state index contributed by atoms with van der Waals surface area (Å²) >= 11 is 1.68. The summed E-state index contributed by atoms with van der Waals surface area (Å²) in [6.45, 7) is 0. The Kier molecular flexibility index (Phi) is 5.96. The van der Waals surface area contributed by atoms with Crippen LogP contribution in [0.3, 0.4) is 0 Å². The number of benzene rings is 5. The van der Waals surface area contributed by atoms with Gasteiger partial charge in [-0.25, -0.2) is 19.9 Å². The van der Waals surface area contributed by atoms with E-state index >= 15 is 0 Å². The summed E-state index contributed by atoms with van der Waals surface area (Å²) in [5.74, 6) is 1.93. The molecular formula is C34H22N4S. The highest BCUT2D eigenvalue weighted by Gasteiger charge is 2.16. The fourth-order valence-electron chi connectivity index (χ4n) is 4.66. The molecule has 0 saturated carbocycles. The highest BCUT2D eigenvalue weighted by molar-refractivity contribution is 7.21. The minimum Gasteiger partial charge on any atom is -0.236 e. The van der Waals surface area contributed by atoms with E-state index in [1.165, 1.54) is 0 Å². The van der Waals surface area contributed by atoms with Crippen LogP contribution in [0.5, 0.6) is 0 Å². The van der Waals surface area contributed by atoms with Gasteiger partial charge in [0.2, 0.25) is 0 Å². The van der Waals surface area contributed by atoms with E-state index in [0.29, 0.717) is 17.5 Å². The van der Waals surface area contributed by atoms with Crippen molar-refractivity contribution in [2.24, 2.45) is 0 Å². The first-order valence-corrected chi connectivity index (χ1v) is 13.6. The monoisotopic (exact) mass is 518 g/mol. The molecule has 0 bridgehead atoms. The topological polar surface area (TPSA) is 51.6 Å². The third-order valence-electron chi connectivity index (χ3n) is 6.59. The molecule has 0 unspecified atom stereocenters. The van der Waals surface area contributed by atoms with E-state index in [1.54, 1.807) is 11.3 Å². The van der Waals surface area contributed by atoms with E-state index < -0.39 is 0 Å². The number of thiazole rings is 1. The van der Waals surface area contributed by atoms with Crippen molar-refractivity contribution in [1.29, 1.82) is 0 Å². The maximum Gasteiger partial charge on any atom is 0.164 e. The smallest absolute Gasteiger partial charge is 0.164 e. The average molecular weight is 519 g/mol. The van der Waals surface area contributed by atoms with E-state index in [-0.39, 0.29) is 0 Å². The highest BCUT2D eigenvalue weighted by Crippen LogP contribution is 2.35. The minimum atomic E-state index is 0.637. The molecule has 0 aliphatic heterocycles. The molecule has 7 aromatic rings. The predicted molar refractivity (Wildman–Crippen MR) is 160 cm³/mol. The van der Waals surface area contributed by atoms with Crippen molar-refractivity contribution in [3.05, 3.63) is 133 Å². The van der Waals surface area contributed by atoms with Crippen LogP contribution in [0.2, 0.25) is 0 Å². The van der Waals surface area contributed by atoms with Crippen molar-refractivity contribution in [3.63, 3.8) is 0 Å². The molecule has 0 saturated heterocycles. The van der Waals surface area contributed by atoms with Gasteiger partial charge in [0, 0.05) is 22.3 Å². The molecule has 4 nitrogen and oxygen atoms in total. The first-order chi connectivity index (χ1) is 19.3. The van der Waals surface area contributed by atoms with Gasteiger partial charge in [-0.2, -0.15) is 0 Å². The molecular weight excluding hydrogens is 496 g/mol. The molecule has 0 N–H and O–H groups in total. The van der Waals surface area contributed by atoms with Gasteiger partial charge in [-0.15, -0.1) is 11.3 Å². The molecule has 0 fully saturated rings. The number of fused-ring (bicyclic) bond motifs is 1. The van der Waals surface area contributed by atoms with Crippen molar-refractivity contribution in [3.8, 4) is 55.9 Å². The lowest BCUT2D eigenvalue weighted by Crippen LogP contribution is -2.01. The van der Waals surface area contributed by atoms with Crippen molar-refractivity contribution in [1.82, 2.24) is 19.9 Å². The summed E-state index contributed by atoms with van der Waals surface area (Å²) < 4.78 is 1.10. The molecule has 0 atom stereocenters.